The summed E-state index contributed by atoms with van der Waals surface area (Å²) >= 11 is 3.36. The summed E-state index contributed by atoms with van der Waals surface area (Å²) in [5.74, 6) is 0.338. The molecule has 0 amide bonds. The highest BCUT2D eigenvalue weighted by atomic mass is 79.9. The van der Waals surface area contributed by atoms with Gasteiger partial charge >= 0.3 is 0 Å². The van der Waals surface area contributed by atoms with E-state index in [1.807, 2.05) is 24.3 Å². The highest BCUT2D eigenvalue weighted by Gasteiger charge is 2.19. The molecular weight excluding hydrogens is 330 g/mol. The number of aryl methyl sites for hydroxylation is 1. The van der Waals surface area contributed by atoms with Crippen LogP contribution in [0.4, 0.5) is 5.82 Å². The van der Waals surface area contributed by atoms with Gasteiger partial charge in [0.15, 0.2) is 9.84 Å². The molecule has 5 nitrogen and oxygen atoms in total. The number of nitrogens with zero attached hydrogens (tertiary/aromatic N) is 2. The molecule has 1 aromatic heterocycles. The van der Waals surface area contributed by atoms with Crippen LogP contribution in [0, 0.1) is 0 Å². The second-order valence-corrected chi connectivity index (χ2v) is 7.46. The zero-order valence-electron chi connectivity index (χ0n) is 10.6. The number of nitrogen functional groups attached to an aromatic ring is 1. The van der Waals surface area contributed by atoms with E-state index in [1.165, 1.54) is 10.9 Å². The van der Waals surface area contributed by atoms with Crippen molar-refractivity contribution in [1.82, 2.24) is 9.78 Å². The molecule has 2 rings (SSSR count). The topological polar surface area (TPSA) is 78.0 Å². The zero-order valence-corrected chi connectivity index (χ0v) is 13.0. The third kappa shape index (κ3) is 3.16. The Morgan fingerprint density at radius 2 is 1.89 bits per heavy atom. The summed E-state index contributed by atoms with van der Waals surface area (Å²) in [5.41, 5.74) is 8.00. The van der Waals surface area contributed by atoms with E-state index in [9.17, 15) is 8.42 Å². The summed E-state index contributed by atoms with van der Waals surface area (Å²) < 4.78 is 25.4. The Labute approximate surface area is 120 Å². The number of aromatic nitrogens is 2. The minimum Gasteiger partial charge on any atom is -0.383 e. The van der Waals surface area contributed by atoms with Gasteiger partial charge in [-0.1, -0.05) is 28.1 Å². The Hall–Kier alpha value is -1.34. The molecule has 0 aliphatic rings. The lowest BCUT2D eigenvalue weighted by molar-refractivity contribution is 0.600. The summed E-state index contributed by atoms with van der Waals surface area (Å²) in [6.45, 7) is 0. The standard InChI is InChI=1S/C12H14BrN3O2S/c1-16-12(14)11(8-3-5-9(13)6-4-8)10(15-16)7-19(2,17)18/h3-6H,7,14H2,1-2H3. The van der Waals surface area contributed by atoms with Crippen molar-refractivity contribution in [3.05, 3.63) is 34.4 Å². The normalized spacial score (nSPS) is 11.7. The minimum absolute atomic E-state index is 0.122. The van der Waals surface area contributed by atoms with E-state index in [0.717, 1.165) is 10.0 Å². The number of hydrogen-bond donors (Lipinski definition) is 1. The molecule has 0 atom stereocenters. The van der Waals surface area contributed by atoms with Crippen molar-refractivity contribution in [1.29, 1.82) is 0 Å². The monoisotopic (exact) mass is 343 g/mol. The molecule has 0 radical (unpaired) electrons. The molecule has 0 aliphatic heterocycles. The van der Waals surface area contributed by atoms with Crippen molar-refractivity contribution in [2.45, 2.75) is 5.75 Å². The first-order chi connectivity index (χ1) is 8.78. The van der Waals surface area contributed by atoms with E-state index in [2.05, 4.69) is 21.0 Å². The molecule has 0 saturated carbocycles. The average Bonchev–Trinajstić information content (AvgIpc) is 2.54. The number of halogens is 1. The Morgan fingerprint density at radius 3 is 2.42 bits per heavy atom. The van der Waals surface area contributed by atoms with Gasteiger partial charge in [-0.2, -0.15) is 5.10 Å². The number of anilines is 1. The molecule has 0 saturated heterocycles. The third-order valence-corrected chi connectivity index (χ3v) is 4.02. The minimum atomic E-state index is -3.16. The van der Waals surface area contributed by atoms with Gasteiger partial charge in [0.1, 0.15) is 5.82 Å². The lowest BCUT2D eigenvalue weighted by atomic mass is 10.1. The van der Waals surface area contributed by atoms with E-state index in [0.29, 0.717) is 17.1 Å². The maximum absolute atomic E-state index is 11.5. The van der Waals surface area contributed by atoms with Gasteiger partial charge in [-0.15, -0.1) is 0 Å². The van der Waals surface area contributed by atoms with Gasteiger partial charge in [0.2, 0.25) is 0 Å². The largest absolute Gasteiger partial charge is 0.383 e. The van der Waals surface area contributed by atoms with E-state index in [-0.39, 0.29) is 5.75 Å². The second kappa shape index (κ2) is 4.97. The molecular formula is C12H14BrN3O2S. The van der Waals surface area contributed by atoms with Crippen LogP contribution in [0.25, 0.3) is 11.1 Å². The smallest absolute Gasteiger partial charge is 0.153 e. The Balaban J connectivity index is 2.58. The fourth-order valence-corrected chi connectivity index (χ4v) is 2.84. The van der Waals surface area contributed by atoms with Gasteiger partial charge in [-0.3, -0.25) is 4.68 Å². The molecule has 0 fully saturated rings. The zero-order chi connectivity index (χ0) is 14.2. The summed E-state index contributed by atoms with van der Waals surface area (Å²) in [6.07, 6.45) is 1.18. The molecule has 1 aromatic carbocycles. The molecule has 2 N–H and O–H groups in total. The summed E-state index contributed by atoms with van der Waals surface area (Å²) in [6, 6.07) is 7.52. The SMILES string of the molecule is Cn1nc(CS(C)(=O)=O)c(-c2ccc(Br)cc2)c1N. The van der Waals surface area contributed by atoms with Crippen molar-refractivity contribution < 1.29 is 8.42 Å². The third-order valence-electron chi connectivity index (χ3n) is 2.70. The first-order valence-corrected chi connectivity index (χ1v) is 8.38. The van der Waals surface area contributed by atoms with Crippen molar-refractivity contribution in [3.63, 3.8) is 0 Å². The van der Waals surface area contributed by atoms with Gasteiger partial charge in [0.05, 0.1) is 11.4 Å². The highest BCUT2D eigenvalue weighted by molar-refractivity contribution is 9.10. The summed E-state index contributed by atoms with van der Waals surface area (Å²) in [5, 5.41) is 4.20. The van der Waals surface area contributed by atoms with Crippen LogP contribution in [0.5, 0.6) is 0 Å². The second-order valence-electron chi connectivity index (χ2n) is 4.41. The lowest BCUT2D eigenvalue weighted by Gasteiger charge is -2.04. The van der Waals surface area contributed by atoms with Crippen molar-refractivity contribution in [2.75, 3.05) is 12.0 Å². The first-order valence-electron chi connectivity index (χ1n) is 5.53. The van der Waals surface area contributed by atoms with Gasteiger partial charge < -0.3 is 5.73 Å². The molecule has 0 bridgehead atoms. The van der Waals surface area contributed by atoms with Gasteiger partial charge in [0, 0.05) is 23.3 Å². The summed E-state index contributed by atoms with van der Waals surface area (Å²) in [4.78, 5) is 0. The van der Waals surface area contributed by atoms with Gasteiger partial charge in [0.25, 0.3) is 0 Å². The molecule has 0 spiro atoms. The molecule has 1 heterocycles. The lowest BCUT2D eigenvalue weighted by Crippen LogP contribution is -2.03. The fourth-order valence-electron chi connectivity index (χ4n) is 1.88. The number of hydrogen-bond acceptors (Lipinski definition) is 4. The van der Waals surface area contributed by atoms with E-state index >= 15 is 0 Å². The Kier molecular flexibility index (Phi) is 3.69. The van der Waals surface area contributed by atoms with Crippen LogP contribution in [0.2, 0.25) is 0 Å². The number of benzene rings is 1. The van der Waals surface area contributed by atoms with Crippen LogP contribution >= 0.6 is 15.9 Å². The predicted molar refractivity (Wildman–Crippen MR) is 79.3 cm³/mol. The number of sulfone groups is 1. The van der Waals surface area contributed by atoms with Crippen molar-refractivity contribution in [3.8, 4) is 11.1 Å². The first kappa shape index (κ1) is 14.1. The average molecular weight is 344 g/mol. The molecule has 0 aliphatic carbocycles. The van der Waals surface area contributed by atoms with Crippen LogP contribution in [-0.2, 0) is 22.6 Å². The van der Waals surface area contributed by atoms with Crippen LogP contribution < -0.4 is 5.73 Å². The van der Waals surface area contributed by atoms with Crippen LogP contribution in [0.3, 0.4) is 0 Å². The van der Waals surface area contributed by atoms with Crippen LogP contribution in [-0.4, -0.2) is 24.5 Å². The van der Waals surface area contributed by atoms with E-state index in [1.54, 1.807) is 7.05 Å². The molecule has 19 heavy (non-hydrogen) atoms. The van der Waals surface area contributed by atoms with E-state index < -0.39 is 9.84 Å². The van der Waals surface area contributed by atoms with E-state index in [4.69, 9.17) is 5.73 Å². The van der Waals surface area contributed by atoms with Gasteiger partial charge in [-0.05, 0) is 17.7 Å². The van der Waals surface area contributed by atoms with Crippen molar-refractivity contribution in [2.24, 2.45) is 7.05 Å². The molecule has 7 heteroatoms. The molecule has 2 aromatic rings. The van der Waals surface area contributed by atoms with Crippen LogP contribution in [0.1, 0.15) is 5.69 Å². The highest BCUT2D eigenvalue weighted by Crippen LogP contribution is 2.31. The number of rotatable bonds is 3. The maximum Gasteiger partial charge on any atom is 0.153 e. The predicted octanol–water partition coefficient (Wildman–Crippen LogP) is 1.98. The number of nitrogens with two attached hydrogens (primary N) is 1. The maximum atomic E-state index is 11.5. The van der Waals surface area contributed by atoms with Gasteiger partial charge in [-0.25, -0.2) is 8.42 Å². The fraction of sp³-hybridized carbons (Fsp3) is 0.250. The molecule has 0 unspecified atom stereocenters. The quantitative estimate of drug-likeness (QED) is 0.924. The molecule has 102 valence electrons. The van der Waals surface area contributed by atoms with Crippen LogP contribution in [0.15, 0.2) is 28.7 Å². The Bertz CT molecular complexity index is 705. The summed E-state index contributed by atoms with van der Waals surface area (Å²) in [7, 11) is -1.46. The van der Waals surface area contributed by atoms with Crippen molar-refractivity contribution >= 4 is 31.6 Å². The Morgan fingerprint density at radius 1 is 1.32 bits per heavy atom.